The Morgan fingerprint density at radius 1 is 1.63 bits per heavy atom. The topological polar surface area (TPSA) is 102 Å². The molecule has 0 bridgehead atoms. The molecule has 0 atom stereocenters. The average molecular weight is 260 g/mol. The van der Waals surface area contributed by atoms with Crippen molar-refractivity contribution in [1.82, 2.24) is 25.3 Å². The molecule has 0 saturated heterocycles. The molecule has 7 nitrogen and oxygen atoms in total. The fraction of sp³-hybridized carbons (Fsp3) is 0.417. The number of H-pyrrole nitrogens is 1. The lowest BCUT2D eigenvalue weighted by Crippen LogP contribution is -2.24. The molecular formula is C12H16N6O. The summed E-state index contributed by atoms with van der Waals surface area (Å²) in [5.41, 5.74) is 8.54. The van der Waals surface area contributed by atoms with Crippen LogP contribution in [0.4, 0.5) is 5.69 Å². The zero-order valence-electron chi connectivity index (χ0n) is 10.7. The van der Waals surface area contributed by atoms with E-state index in [-0.39, 0.29) is 11.6 Å². The number of nitrogens with zero attached hydrogens (tertiary/aromatic N) is 3. The Morgan fingerprint density at radius 3 is 3.05 bits per heavy atom. The van der Waals surface area contributed by atoms with Crippen molar-refractivity contribution in [2.75, 3.05) is 5.73 Å². The third kappa shape index (κ3) is 2.31. The van der Waals surface area contributed by atoms with Crippen molar-refractivity contribution in [1.29, 1.82) is 0 Å². The Labute approximate surface area is 110 Å². The summed E-state index contributed by atoms with van der Waals surface area (Å²) in [5.74, 6) is 0.192. The minimum atomic E-state index is -0.260. The number of aryl methyl sites for hydroxylation is 1. The first kappa shape index (κ1) is 11.8. The summed E-state index contributed by atoms with van der Waals surface area (Å²) in [4.78, 5) is 12.0. The molecule has 4 N–H and O–H groups in total. The lowest BCUT2D eigenvalue weighted by Gasteiger charge is -2.02. The van der Waals surface area contributed by atoms with E-state index in [0.717, 1.165) is 24.1 Å². The number of amides is 1. The highest BCUT2D eigenvalue weighted by atomic mass is 16.1. The lowest BCUT2D eigenvalue weighted by molar-refractivity contribution is 0.0947. The van der Waals surface area contributed by atoms with E-state index in [1.165, 1.54) is 0 Å². The van der Waals surface area contributed by atoms with E-state index in [1.54, 1.807) is 10.9 Å². The fourth-order valence-corrected chi connectivity index (χ4v) is 2.05. The van der Waals surface area contributed by atoms with Crippen LogP contribution in [0.1, 0.15) is 40.5 Å². The predicted octanol–water partition coefficient (Wildman–Crippen LogP) is 0.533. The number of anilines is 1. The molecule has 1 fully saturated rings. The summed E-state index contributed by atoms with van der Waals surface area (Å²) in [7, 11) is 1.83. The van der Waals surface area contributed by atoms with Crippen LogP contribution >= 0.6 is 0 Å². The van der Waals surface area contributed by atoms with Crippen LogP contribution in [0.5, 0.6) is 0 Å². The van der Waals surface area contributed by atoms with Crippen molar-refractivity contribution in [3.05, 3.63) is 29.3 Å². The van der Waals surface area contributed by atoms with Gasteiger partial charge in [0.15, 0.2) is 5.69 Å². The Balaban J connectivity index is 1.66. The normalized spacial score (nSPS) is 14.6. The number of carbonyl (C=O) groups is 1. The molecule has 1 aliphatic carbocycles. The molecule has 0 radical (unpaired) electrons. The van der Waals surface area contributed by atoms with Crippen LogP contribution < -0.4 is 11.1 Å². The molecule has 2 aromatic heterocycles. The molecule has 0 aromatic carbocycles. The van der Waals surface area contributed by atoms with E-state index >= 15 is 0 Å². The predicted molar refractivity (Wildman–Crippen MR) is 69.4 cm³/mol. The van der Waals surface area contributed by atoms with Crippen molar-refractivity contribution in [2.24, 2.45) is 7.05 Å². The molecule has 3 rings (SSSR count). The molecule has 19 heavy (non-hydrogen) atoms. The Kier molecular flexibility index (Phi) is 2.73. The number of nitrogen functional groups attached to an aromatic ring is 1. The summed E-state index contributed by atoms with van der Waals surface area (Å²) in [6.45, 7) is 0.414. The summed E-state index contributed by atoms with van der Waals surface area (Å²) in [6, 6.07) is 0. The van der Waals surface area contributed by atoms with E-state index in [0.29, 0.717) is 18.2 Å². The van der Waals surface area contributed by atoms with E-state index in [9.17, 15) is 4.79 Å². The highest BCUT2D eigenvalue weighted by Crippen LogP contribution is 2.42. The largest absolute Gasteiger partial charge is 0.395 e. The number of nitrogens with one attached hydrogen (secondary N) is 2. The maximum absolute atomic E-state index is 12.0. The third-order valence-electron chi connectivity index (χ3n) is 3.25. The minimum absolute atomic E-state index is 0.260. The van der Waals surface area contributed by atoms with Gasteiger partial charge in [-0.05, 0) is 12.8 Å². The summed E-state index contributed by atoms with van der Waals surface area (Å²) >= 11 is 0. The standard InChI is InChI=1S/C12H16N6O/c1-18-6-7(5-15-18)4-14-12(19)11-9(13)10(16-17-11)8-2-3-8/h5-6,8H,2-4,13H2,1H3,(H,14,19)(H,16,17). The number of hydrogen-bond acceptors (Lipinski definition) is 4. The summed E-state index contributed by atoms with van der Waals surface area (Å²) < 4.78 is 1.69. The maximum Gasteiger partial charge on any atom is 0.274 e. The van der Waals surface area contributed by atoms with E-state index in [1.807, 2.05) is 13.2 Å². The van der Waals surface area contributed by atoms with Gasteiger partial charge in [-0.15, -0.1) is 0 Å². The van der Waals surface area contributed by atoms with E-state index in [4.69, 9.17) is 5.73 Å². The molecule has 1 aliphatic rings. The van der Waals surface area contributed by atoms with Gasteiger partial charge in [0.25, 0.3) is 5.91 Å². The first-order chi connectivity index (χ1) is 9.15. The van der Waals surface area contributed by atoms with Crippen LogP contribution in [0.15, 0.2) is 12.4 Å². The summed E-state index contributed by atoms with van der Waals surface area (Å²) in [5, 5.41) is 13.7. The molecule has 1 saturated carbocycles. The number of aromatic nitrogens is 4. The monoisotopic (exact) mass is 260 g/mol. The highest BCUT2D eigenvalue weighted by Gasteiger charge is 2.30. The van der Waals surface area contributed by atoms with Gasteiger partial charge in [0, 0.05) is 31.3 Å². The first-order valence-electron chi connectivity index (χ1n) is 6.24. The van der Waals surface area contributed by atoms with Gasteiger partial charge in [-0.1, -0.05) is 0 Å². The second-order valence-corrected chi connectivity index (χ2v) is 4.88. The van der Waals surface area contributed by atoms with Crippen LogP contribution in [0.25, 0.3) is 0 Å². The van der Waals surface area contributed by atoms with Crippen LogP contribution in [-0.2, 0) is 13.6 Å². The zero-order valence-corrected chi connectivity index (χ0v) is 10.7. The third-order valence-corrected chi connectivity index (χ3v) is 3.25. The zero-order chi connectivity index (χ0) is 13.4. The van der Waals surface area contributed by atoms with Crippen LogP contribution in [0.3, 0.4) is 0 Å². The van der Waals surface area contributed by atoms with Crippen molar-refractivity contribution >= 4 is 11.6 Å². The van der Waals surface area contributed by atoms with Gasteiger partial charge in [0.1, 0.15) is 0 Å². The Morgan fingerprint density at radius 2 is 2.42 bits per heavy atom. The van der Waals surface area contributed by atoms with Gasteiger partial charge in [-0.3, -0.25) is 14.6 Å². The number of rotatable bonds is 4. The molecule has 0 aliphatic heterocycles. The molecule has 7 heteroatoms. The lowest BCUT2D eigenvalue weighted by atomic mass is 10.2. The van der Waals surface area contributed by atoms with Gasteiger partial charge in [0.2, 0.25) is 0 Å². The van der Waals surface area contributed by atoms with Crippen molar-refractivity contribution in [2.45, 2.75) is 25.3 Å². The summed E-state index contributed by atoms with van der Waals surface area (Å²) in [6.07, 6.45) is 5.79. The number of aromatic amines is 1. The van der Waals surface area contributed by atoms with Gasteiger partial charge < -0.3 is 11.1 Å². The first-order valence-corrected chi connectivity index (χ1v) is 6.24. The van der Waals surface area contributed by atoms with Crippen molar-refractivity contribution in [3.63, 3.8) is 0 Å². The van der Waals surface area contributed by atoms with Crippen LogP contribution in [-0.4, -0.2) is 25.9 Å². The SMILES string of the molecule is Cn1cc(CNC(=O)c2n[nH]c(C3CC3)c2N)cn1. The van der Waals surface area contributed by atoms with E-state index in [2.05, 4.69) is 20.6 Å². The Hall–Kier alpha value is -2.31. The smallest absolute Gasteiger partial charge is 0.274 e. The fourth-order valence-electron chi connectivity index (χ4n) is 2.05. The van der Waals surface area contributed by atoms with Crippen molar-refractivity contribution in [3.8, 4) is 0 Å². The maximum atomic E-state index is 12.0. The van der Waals surface area contributed by atoms with Gasteiger partial charge in [-0.2, -0.15) is 10.2 Å². The molecule has 2 heterocycles. The second-order valence-electron chi connectivity index (χ2n) is 4.88. The number of nitrogens with two attached hydrogens (primary N) is 1. The number of hydrogen-bond donors (Lipinski definition) is 3. The molecular weight excluding hydrogens is 244 g/mol. The molecule has 100 valence electrons. The minimum Gasteiger partial charge on any atom is -0.395 e. The average Bonchev–Trinajstić information content (AvgIpc) is 3.03. The van der Waals surface area contributed by atoms with Gasteiger partial charge in [0.05, 0.1) is 17.6 Å². The van der Waals surface area contributed by atoms with Crippen molar-refractivity contribution < 1.29 is 4.79 Å². The van der Waals surface area contributed by atoms with Crippen LogP contribution in [0, 0.1) is 0 Å². The van der Waals surface area contributed by atoms with Crippen LogP contribution in [0.2, 0.25) is 0 Å². The number of carbonyl (C=O) groups excluding carboxylic acids is 1. The quantitative estimate of drug-likeness (QED) is 0.746. The Bertz CT molecular complexity index is 610. The van der Waals surface area contributed by atoms with Gasteiger partial charge in [-0.25, -0.2) is 0 Å². The molecule has 1 amide bonds. The molecule has 0 unspecified atom stereocenters. The molecule has 0 spiro atoms. The molecule has 2 aromatic rings. The van der Waals surface area contributed by atoms with Gasteiger partial charge >= 0.3 is 0 Å². The second kappa shape index (κ2) is 4.42. The van der Waals surface area contributed by atoms with E-state index < -0.39 is 0 Å². The highest BCUT2D eigenvalue weighted by molar-refractivity contribution is 5.97.